The van der Waals surface area contributed by atoms with Crippen LogP contribution in [0.5, 0.6) is 17.2 Å². The lowest BCUT2D eigenvalue weighted by molar-refractivity contribution is -0.122. The summed E-state index contributed by atoms with van der Waals surface area (Å²) in [5.41, 5.74) is 5.23. The summed E-state index contributed by atoms with van der Waals surface area (Å²) >= 11 is 0. The zero-order valence-corrected chi connectivity index (χ0v) is 16.2. The molecule has 0 unspecified atom stereocenters. The molecule has 0 spiro atoms. The molecule has 0 bridgehead atoms. The number of carbonyl (C=O) groups excluding carboxylic acids is 2. The van der Waals surface area contributed by atoms with Crippen LogP contribution in [0.15, 0.2) is 24.3 Å². The van der Waals surface area contributed by atoms with E-state index in [1.54, 1.807) is 12.1 Å². The van der Waals surface area contributed by atoms with Crippen molar-refractivity contribution >= 4 is 11.8 Å². The van der Waals surface area contributed by atoms with Gasteiger partial charge in [-0.15, -0.1) is 0 Å². The van der Waals surface area contributed by atoms with Gasteiger partial charge in [-0.2, -0.15) is 0 Å². The highest BCUT2D eigenvalue weighted by atomic mass is 16.5. The molecule has 1 aromatic rings. The van der Waals surface area contributed by atoms with Crippen LogP contribution in [0.4, 0.5) is 0 Å². The summed E-state index contributed by atoms with van der Waals surface area (Å²) in [6.45, 7) is 6.84. The van der Waals surface area contributed by atoms with Crippen LogP contribution in [0.1, 0.15) is 50.4 Å². The molecule has 2 amide bonds. The fourth-order valence-corrected chi connectivity index (χ4v) is 2.87. The van der Waals surface area contributed by atoms with E-state index >= 15 is 0 Å². The summed E-state index contributed by atoms with van der Waals surface area (Å²) in [7, 11) is 0. The highest BCUT2D eigenvalue weighted by molar-refractivity contribution is 5.96. The molecule has 0 aromatic heterocycles. The van der Waals surface area contributed by atoms with Gasteiger partial charge >= 0.3 is 0 Å². The van der Waals surface area contributed by atoms with E-state index in [0.717, 1.165) is 12.8 Å². The van der Waals surface area contributed by atoms with Gasteiger partial charge in [0.25, 0.3) is 5.91 Å². The topological polar surface area (TPSA) is 85.9 Å². The molecule has 2 N–H and O–H groups in total. The maximum Gasteiger partial charge on any atom is 0.269 e. The maximum absolute atomic E-state index is 12.5. The number of carbonyl (C=O) groups is 2. The van der Waals surface area contributed by atoms with Gasteiger partial charge in [0.15, 0.2) is 11.5 Å². The van der Waals surface area contributed by atoms with Crippen LogP contribution >= 0.6 is 0 Å². The van der Waals surface area contributed by atoms with Crippen molar-refractivity contribution in [3.8, 4) is 17.2 Å². The Bertz CT molecular complexity index is 660. The number of amides is 2. The van der Waals surface area contributed by atoms with Crippen LogP contribution < -0.4 is 25.1 Å². The first kappa shape index (κ1) is 20.6. The van der Waals surface area contributed by atoms with E-state index in [4.69, 9.17) is 14.2 Å². The van der Waals surface area contributed by atoms with E-state index < -0.39 is 5.91 Å². The van der Waals surface area contributed by atoms with Crippen molar-refractivity contribution in [3.05, 3.63) is 29.8 Å². The van der Waals surface area contributed by atoms with Crippen LogP contribution in [0.3, 0.4) is 0 Å². The molecular weight excluding hydrogens is 348 g/mol. The Morgan fingerprint density at radius 2 is 1.63 bits per heavy atom. The number of hydrazine groups is 1. The second kappa shape index (κ2) is 10.4. The first-order valence-electron chi connectivity index (χ1n) is 9.41. The lowest BCUT2D eigenvalue weighted by Gasteiger charge is -2.17. The van der Waals surface area contributed by atoms with Gasteiger partial charge in [0.05, 0.1) is 19.8 Å². The molecule has 0 saturated heterocycles. The van der Waals surface area contributed by atoms with Gasteiger partial charge in [-0.05, 0) is 51.7 Å². The van der Waals surface area contributed by atoms with E-state index in [2.05, 4.69) is 16.9 Å². The second-order valence-corrected chi connectivity index (χ2v) is 6.07. The molecule has 1 aliphatic carbocycles. The number of benzene rings is 1. The van der Waals surface area contributed by atoms with E-state index in [-0.39, 0.29) is 11.8 Å². The summed E-state index contributed by atoms with van der Waals surface area (Å²) in [6, 6.07) is 3.16. The Labute approximate surface area is 160 Å². The third-order valence-corrected chi connectivity index (χ3v) is 4.05. The van der Waals surface area contributed by atoms with E-state index in [0.29, 0.717) is 49.1 Å². The van der Waals surface area contributed by atoms with Gasteiger partial charge < -0.3 is 14.2 Å². The molecule has 1 aromatic carbocycles. The summed E-state index contributed by atoms with van der Waals surface area (Å²) < 4.78 is 16.8. The number of allylic oxidation sites excluding steroid dienone is 2. The molecule has 0 saturated carbocycles. The van der Waals surface area contributed by atoms with Gasteiger partial charge in [-0.3, -0.25) is 20.4 Å². The fraction of sp³-hybridized carbons (Fsp3) is 0.500. The van der Waals surface area contributed by atoms with E-state index in [9.17, 15) is 9.59 Å². The summed E-state index contributed by atoms with van der Waals surface area (Å²) in [5.74, 6) is 0.892. The van der Waals surface area contributed by atoms with Crippen molar-refractivity contribution < 1.29 is 23.8 Å². The quantitative estimate of drug-likeness (QED) is 0.511. The molecule has 0 aliphatic heterocycles. The number of nitrogens with one attached hydrogen (secondary N) is 2. The van der Waals surface area contributed by atoms with Crippen LogP contribution in [0.2, 0.25) is 0 Å². The normalized spacial score (nSPS) is 15.3. The van der Waals surface area contributed by atoms with Crippen LogP contribution in [-0.2, 0) is 4.79 Å². The maximum atomic E-state index is 12.5. The molecule has 27 heavy (non-hydrogen) atoms. The Balaban J connectivity index is 2.09. The number of rotatable bonds is 9. The van der Waals surface area contributed by atoms with Crippen molar-refractivity contribution in [1.82, 2.24) is 10.9 Å². The second-order valence-electron chi connectivity index (χ2n) is 6.07. The first-order valence-corrected chi connectivity index (χ1v) is 9.41. The predicted octanol–water partition coefficient (Wildman–Crippen LogP) is 3.00. The lowest BCUT2D eigenvalue weighted by Crippen LogP contribution is -2.42. The molecule has 148 valence electrons. The van der Waals surface area contributed by atoms with Crippen LogP contribution in [0, 0.1) is 5.92 Å². The van der Waals surface area contributed by atoms with Gasteiger partial charge in [-0.1, -0.05) is 12.2 Å². The Kier molecular flexibility index (Phi) is 7.98. The minimum Gasteiger partial charge on any atom is -0.490 e. The smallest absolute Gasteiger partial charge is 0.269 e. The molecule has 0 heterocycles. The Morgan fingerprint density at radius 1 is 1.00 bits per heavy atom. The Hall–Kier alpha value is -2.70. The average Bonchev–Trinajstić information content (AvgIpc) is 3.15. The largest absolute Gasteiger partial charge is 0.490 e. The van der Waals surface area contributed by atoms with Crippen molar-refractivity contribution in [2.24, 2.45) is 5.92 Å². The average molecular weight is 376 g/mol. The molecule has 7 heteroatoms. The lowest BCUT2D eigenvalue weighted by atomic mass is 10.1. The van der Waals surface area contributed by atoms with Gasteiger partial charge in [-0.25, -0.2) is 0 Å². The zero-order valence-electron chi connectivity index (χ0n) is 16.2. The molecule has 0 fully saturated rings. The minimum atomic E-state index is -0.449. The first-order chi connectivity index (χ1) is 13.1. The standard InChI is InChI=1S/C20H28N2O5/c1-4-25-16-12-15(13-17(26-5-2)19(16)27-6-3)20(24)22-21-18(23)11-14-9-7-8-10-14/h7,9,12-14H,4-6,8,10-11H2,1-3H3,(H,21,23)(H,22,24)/t14-/m1/s1. The molecule has 0 radical (unpaired) electrons. The van der Waals surface area contributed by atoms with Crippen molar-refractivity contribution in [2.45, 2.75) is 40.0 Å². The highest BCUT2D eigenvalue weighted by Gasteiger charge is 2.19. The van der Waals surface area contributed by atoms with Gasteiger partial charge in [0, 0.05) is 12.0 Å². The number of hydrogen-bond acceptors (Lipinski definition) is 5. The van der Waals surface area contributed by atoms with Crippen LogP contribution in [0.25, 0.3) is 0 Å². The number of hydrogen-bond donors (Lipinski definition) is 2. The van der Waals surface area contributed by atoms with E-state index in [1.807, 2.05) is 26.8 Å². The predicted molar refractivity (Wildman–Crippen MR) is 102 cm³/mol. The van der Waals surface area contributed by atoms with Crippen LogP contribution in [-0.4, -0.2) is 31.6 Å². The van der Waals surface area contributed by atoms with Gasteiger partial charge in [0.2, 0.25) is 11.7 Å². The monoisotopic (exact) mass is 376 g/mol. The molecule has 2 rings (SSSR count). The third kappa shape index (κ3) is 5.91. The summed E-state index contributed by atoms with van der Waals surface area (Å²) in [6.07, 6.45) is 6.43. The summed E-state index contributed by atoms with van der Waals surface area (Å²) in [5, 5.41) is 0. The highest BCUT2D eigenvalue weighted by Crippen LogP contribution is 2.39. The third-order valence-electron chi connectivity index (χ3n) is 4.05. The SMILES string of the molecule is CCOc1cc(C(=O)NNC(=O)C[C@@H]2C=CCC2)cc(OCC)c1OCC. The molecule has 7 nitrogen and oxygen atoms in total. The zero-order chi connectivity index (χ0) is 19.6. The summed E-state index contributed by atoms with van der Waals surface area (Å²) in [4.78, 5) is 24.5. The molecule has 1 aliphatic rings. The minimum absolute atomic E-state index is 0.221. The Morgan fingerprint density at radius 3 is 2.15 bits per heavy atom. The van der Waals surface area contributed by atoms with Crippen molar-refractivity contribution in [2.75, 3.05) is 19.8 Å². The van der Waals surface area contributed by atoms with Crippen molar-refractivity contribution in [3.63, 3.8) is 0 Å². The fourth-order valence-electron chi connectivity index (χ4n) is 2.87. The van der Waals surface area contributed by atoms with Crippen molar-refractivity contribution in [1.29, 1.82) is 0 Å². The molecular formula is C20H28N2O5. The number of ether oxygens (including phenoxy) is 3. The van der Waals surface area contributed by atoms with E-state index in [1.165, 1.54) is 0 Å². The van der Waals surface area contributed by atoms with Gasteiger partial charge in [0.1, 0.15) is 0 Å². The molecule has 1 atom stereocenters.